The molecule has 0 aliphatic carbocycles. The van der Waals surface area contributed by atoms with Crippen LogP contribution in [0.1, 0.15) is 37.0 Å². The number of nitrogens with zero attached hydrogens (tertiary/aromatic N) is 1. The highest BCUT2D eigenvalue weighted by Gasteiger charge is 2.37. The van der Waals surface area contributed by atoms with Gasteiger partial charge in [-0.05, 0) is 68.2 Å². The molecule has 0 bridgehead atoms. The number of carbonyl (C=O) groups is 3. The first-order valence-electron chi connectivity index (χ1n) is 10.2. The molecule has 1 aliphatic heterocycles. The van der Waals surface area contributed by atoms with Crippen molar-refractivity contribution < 1.29 is 23.9 Å². The maximum atomic E-state index is 13.2. The highest BCUT2D eigenvalue weighted by Crippen LogP contribution is 2.38. The van der Waals surface area contributed by atoms with E-state index in [4.69, 9.17) is 21.1 Å². The average molecular weight is 457 g/mol. The molecule has 0 saturated carbocycles. The van der Waals surface area contributed by atoms with Crippen LogP contribution in [0.15, 0.2) is 35.9 Å². The van der Waals surface area contributed by atoms with Gasteiger partial charge in [-0.1, -0.05) is 30.7 Å². The summed E-state index contributed by atoms with van der Waals surface area (Å²) in [5.41, 5.74) is 2.36. The Labute approximate surface area is 191 Å². The van der Waals surface area contributed by atoms with E-state index >= 15 is 0 Å². The zero-order valence-corrected chi connectivity index (χ0v) is 19.4. The average Bonchev–Trinajstić information content (AvgIpc) is 2.75. The summed E-state index contributed by atoms with van der Waals surface area (Å²) in [4.78, 5) is 39.2. The van der Waals surface area contributed by atoms with Crippen LogP contribution in [0.5, 0.6) is 11.5 Å². The van der Waals surface area contributed by atoms with Gasteiger partial charge in [-0.2, -0.15) is 0 Å². The normalized spacial score (nSPS) is 16.2. The predicted molar refractivity (Wildman–Crippen MR) is 123 cm³/mol. The van der Waals surface area contributed by atoms with Crippen molar-refractivity contribution in [1.82, 2.24) is 5.32 Å². The molecule has 32 heavy (non-hydrogen) atoms. The van der Waals surface area contributed by atoms with E-state index in [0.717, 1.165) is 22.4 Å². The number of rotatable bonds is 6. The summed E-state index contributed by atoms with van der Waals surface area (Å²) < 4.78 is 11.2. The zero-order valence-electron chi connectivity index (χ0n) is 18.6. The van der Waals surface area contributed by atoms with Crippen LogP contribution in [0.25, 0.3) is 6.08 Å². The Bertz CT molecular complexity index is 1130. The smallest absolute Gasteiger partial charge is 0.335 e. The molecule has 4 amide bonds. The van der Waals surface area contributed by atoms with Crippen molar-refractivity contribution in [1.29, 1.82) is 0 Å². The molecule has 0 radical (unpaired) electrons. The third-order valence-electron chi connectivity index (χ3n) is 5.38. The number of hydrogen-bond donors (Lipinski definition) is 1. The number of halogens is 1. The summed E-state index contributed by atoms with van der Waals surface area (Å²) >= 11 is 6.41. The van der Waals surface area contributed by atoms with E-state index in [9.17, 15) is 14.4 Å². The second kappa shape index (κ2) is 9.44. The van der Waals surface area contributed by atoms with Crippen molar-refractivity contribution in [2.24, 2.45) is 0 Å². The van der Waals surface area contributed by atoms with Crippen LogP contribution in [0.4, 0.5) is 10.5 Å². The Balaban J connectivity index is 2.04. The monoisotopic (exact) mass is 456 g/mol. The molecule has 0 spiro atoms. The van der Waals surface area contributed by atoms with Crippen molar-refractivity contribution in [3.05, 3.63) is 57.6 Å². The van der Waals surface area contributed by atoms with Crippen LogP contribution in [-0.4, -0.2) is 31.1 Å². The number of anilines is 1. The summed E-state index contributed by atoms with van der Waals surface area (Å²) in [7, 11) is 1.48. The quantitative estimate of drug-likeness (QED) is 0.498. The Morgan fingerprint density at radius 3 is 2.56 bits per heavy atom. The van der Waals surface area contributed by atoms with Gasteiger partial charge in [0.1, 0.15) is 5.57 Å². The molecule has 0 unspecified atom stereocenters. The molecule has 1 aliphatic rings. The van der Waals surface area contributed by atoms with Crippen LogP contribution >= 0.6 is 11.6 Å². The first-order valence-corrected chi connectivity index (χ1v) is 10.6. The lowest BCUT2D eigenvalue weighted by atomic mass is 10.0. The largest absolute Gasteiger partial charge is 0.493 e. The third-order valence-corrected chi connectivity index (χ3v) is 5.66. The number of aryl methyl sites for hydroxylation is 1. The minimum atomic E-state index is -0.793. The number of methoxy groups -OCH3 is 1. The van der Waals surface area contributed by atoms with Crippen molar-refractivity contribution in [3.8, 4) is 11.5 Å². The standard InChI is InChI=1S/C24H25ClN2O5/c1-6-14(3)32-21-18(25)11-16(12-20(21)31-5)10-17-22(28)26-24(30)27(23(17)29)19-9-7-8-13(2)15(19)4/h7-12,14H,6H2,1-5H3,(H,26,28,30)/b17-10+/t14-/m0/s1. The van der Waals surface area contributed by atoms with E-state index in [1.165, 1.54) is 13.2 Å². The zero-order chi connectivity index (χ0) is 23.6. The summed E-state index contributed by atoms with van der Waals surface area (Å²) in [5.74, 6) is -0.743. The van der Waals surface area contributed by atoms with E-state index < -0.39 is 17.8 Å². The Morgan fingerprint density at radius 2 is 1.91 bits per heavy atom. The molecule has 7 nitrogen and oxygen atoms in total. The molecule has 1 N–H and O–H groups in total. The van der Waals surface area contributed by atoms with Crippen LogP contribution < -0.4 is 19.7 Å². The van der Waals surface area contributed by atoms with Gasteiger partial charge in [0.25, 0.3) is 11.8 Å². The minimum Gasteiger partial charge on any atom is -0.493 e. The van der Waals surface area contributed by atoms with Crippen LogP contribution in [0.2, 0.25) is 5.02 Å². The number of urea groups is 1. The lowest BCUT2D eigenvalue weighted by molar-refractivity contribution is -0.122. The molecule has 2 aromatic carbocycles. The Hall–Kier alpha value is -3.32. The Morgan fingerprint density at radius 1 is 1.19 bits per heavy atom. The summed E-state index contributed by atoms with van der Waals surface area (Å²) in [6.45, 7) is 7.59. The van der Waals surface area contributed by atoms with E-state index in [-0.39, 0.29) is 16.7 Å². The molecular formula is C24H25ClN2O5. The van der Waals surface area contributed by atoms with E-state index in [1.807, 2.05) is 33.8 Å². The molecular weight excluding hydrogens is 432 g/mol. The Kier molecular flexibility index (Phi) is 6.89. The van der Waals surface area contributed by atoms with Gasteiger partial charge in [-0.25, -0.2) is 9.69 Å². The van der Waals surface area contributed by atoms with E-state index in [2.05, 4.69) is 5.32 Å². The van der Waals surface area contributed by atoms with Crippen molar-refractivity contribution in [2.75, 3.05) is 12.0 Å². The van der Waals surface area contributed by atoms with Gasteiger partial charge in [0.05, 0.1) is 23.9 Å². The van der Waals surface area contributed by atoms with Gasteiger partial charge >= 0.3 is 6.03 Å². The number of nitrogens with one attached hydrogen (secondary N) is 1. The van der Waals surface area contributed by atoms with Crippen LogP contribution in [0.3, 0.4) is 0 Å². The van der Waals surface area contributed by atoms with Gasteiger partial charge in [0.15, 0.2) is 11.5 Å². The molecule has 1 saturated heterocycles. The number of imide groups is 2. The molecule has 2 aromatic rings. The van der Waals surface area contributed by atoms with Crippen LogP contribution in [-0.2, 0) is 9.59 Å². The number of amides is 4. The van der Waals surface area contributed by atoms with Gasteiger partial charge in [-0.3, -0.25) is 14.9 Å². The molecule has 1 heterocycles. The van der Waals surface area contributed by atoms with Crippen LogP contribution in [0, 0.1) is 13.8 Å². The number of hydrogen-bond acceptors (Lipinski definition) is 5. The maximum absolute atomic E-state index is 13.2. The number of carbonyl (C=O) groups excluding carboxylic acids is 3. The topological polar surface area (TPSA) is 84.9 Å². The van der Waals surface area contributed by atoms with Crippen molar-refractivity contribution in [2.45, 2.75) is 40.2 Å². The number of barbiturate groups is 1. The summed E-state index contributed by atoms with van der Waals surface area (Å²) in [5, 5.41) is 2.51. The fourth-order valence-corrected chi connectivity index (χ4v) is 3.51. The lowest BCUT2D eigenvalue weighted by Crippen LogP contribution is -2.54. The molecule has 8 heteroatoms. The first-order chi connectivity index (χ1) is 15.2. The fraction of sp³-hybridized carbons (Fsp3) is 0.292. The van der Waals surface area contributed by atoms with E-state index in [1.54, 1.807) is 24.3 Å². The van der Waals surface area contributed by atoms with Crippen molar-refractivity contribution >= 4 is 41.2 Å². The third kappa shape index (κ3) is 4.48. The molecule has 0 aromatic heterocycles. The molecule has 3 rings (SSSR count). The maximum Gasteiger partial charge on any atom is 0.335 e. The van der Waals surface area contributed by atoms with Gasteiger partial charge < -0.3 is 9.47 Å². The molecule has 168 valence electrons. The highest BCUT2D eigenvalue weighted by atomic mass is 35.5. The fourth-order valence-electron chi connectivity index (χ4n) is 3.24. The number of benzene rings is 2. The first kappa shape index (κ1) is 23.3. The van der Waals surface area contributed by atoms with Crippen molar-refractivity contribution in [3.63, 3.8) is 0 Å². The summed E-state index contributed by atoms with van der Waals surface area (Å²) in [6.07, 6.45) is 2.08. The minimum absolute atomic E-state index is 0.0755. The summed E-state index contributed by atoms with van der Waals surface area (Å²) in [6, 6.07) is 7.69. The van der Waals surface area contributed by atoms with Gasteiger partial charge in [-0.15, -0.1) is 0 Å². The lowest BCUT2D eigenvalue weighted by Gasteiger charge is -2.28. The second-order valence-corrected chi connectivity index (χ2v) is 7.95. The number of ether oxygens (including phenoxy) is 2. The highest BCUT2D eigenvalue weighted by molar-refractivity contribution is 6.39. The molecule has 1 fully saturated rings. The van der Waals surface area contributed by atoms with Gasteiger partial charge in [0, 0.05) is 0 Å². The SMILES string of the molecule is CC[C@H](C)Oc1c(Cl)cc(/C=C2\C(=O)NC(=O)N(c3cccc(C)c3C)C2=O)cc1OC. The molecule has 1 atom stereocenters. The van der Waals surface area contributed by atoms with Gasteiger partial charge in [0.2, 0.25) is 0 Å². The second-order valence-electron chi connectivity index (χ2n) is 7.55. The predicted octanol–water partition coefficient (Wildman–Crippen LogP) is 4.81. The van der Waals surface area contributed by atoms with E-state index in [0.29, 0.717) is 22.7 Å².